The minimum Gasteiger partial charge on any atom is -0.308 e. The fourth-order valence-electron chi connectivity index (χ4n) is 1.70. The Morgan fingerprint density at radius 1 is 1.42 bits per heavy atom. The zero-order valence-corrected chi connectivity index (χ0v) is 8.45. The van der Waals surface area contributed by atoms with Gasteiger partial charge in [0, 0.05) is 12.1 Å². The van der Waals surface area contributed by atoms with Crippen LogP contribution in [0.4, 0.5) is 0 Å². The molecule has 70 valence electrons. The Hall–Kier alpha value is -0.300. The first kappa shape index (κ1) is 9.79. The van der Waals surface area contributed by atoms with Crippen LogP contribution in [0.3, 0.4) is 0 Å². The predicted molar refractivity (Wildman–Crippen MR) is 54.3 cm³/mol. The van der Waals surface area contributed by atoms with Crippen molar-refractivity contribution < 1.29 is 0 Å². The van der Waals surface area contributed by atoms with Crippen LogP contribution >= 0.6 is 0 Å². The van der Waals surface area contributed by atoms with Crippen LogP contribution in [0.1, 0.15) is 46.0 Å². The molecule has 1 nitrogen and oxygen atoms in total. The van der Waals surface area contributed by atoms with Crippen molar-refractivity contribution in [3.05, 3.63) is 12.2 Å². The molecule has 0 heterocycles. The van der Waals surface area contributed by atoms with Crippen LogP contribution in [0.2, 0.25) is 0 Å². The average molecular weight is 167 g/mol. The van der Waals surface area contributed by atoms with Crippen molar-refractivity contribution in [3.8, 4) is 0 Å². The summed E-state index contributed by atoms with van der Waals surface area (Å²) in [6.07, 6.45) is 6.50. The van der Waals surface area contributed by atoms with Gasteiger partial charge in [-0.1, -0.05) is 26.0 Å². The minimum atomic E-state index is 0.484. The Labute approximate surface area is 76.2 Å². The largest absolute Gasteiger partial charge is 0.308 e. The maximum Gasteiger partial charge on any atom is 0.0182 e. The van der Waals surface area contributed by atoms with Crippen LogP contribution < -0.4 is 5.32 Å². The third kappa shape index (κ3) is 2.10. The summed E-state index contributed by atoms with van der Waals surface area (Å²) < 4.78 is 0. The summed E-state index contributed by atoms with van der Waals surface area (Å²) in [6, 6.07) is 0. The first-order valence-electron chi connectivity index (χ1n) is 5.14. The zero-order valence-electron chi connectivity index (χ0n) is 8.45. The van der Waals surface area contributed by atoms with E-state index in [2.05, 4.69) is 25.7 Å². The molecule has 0 aromatic carbocycles. The number of nitrogens with one attached hydrogen (secondary N) is 1. The highest BCUT2D eigenvalue weighted by Gasteiger charge is 2.33. The first-order chi connectivity index (χ1) is 5.72. The van der Waals surface area contributed by atoms with E-state index in [0.29, 0.717) is 5.54 Å². The highest BCUT2D eigenvalue weighted by atomic mass is 15.0. The molecule has 0 unspecified atom stereocenters. The van der Waals surface area contributed by atoms with Crippen molar-refractivity contribution in [3.63, 3.8) is 0 Å². The van der Waals surface area contributed by atoms with Gasteiger partial charge in [0.25, 0.3) is 0 Å². The molecule has 1 rings (SSSR count). The molecule has 0 spiro atoms. The van der Waals surface area contributed by atoms with E-state index in [0.717, 1.165) is 13.0 Å². The third-order valence-electron chi connectivity index (χ3n) is 3.20. The van der Waals surface area contributed by atoms with Gasteiger partial charge in [0.2, 0.25) is 0 Å². The molecular weight excluding hydrogens is 146 g/mol. The summed E-state index contributed by atoms with van der Waals surface area (Å²) >= 11 is 0. The Morgan fingerprint density at radius 2 is 2.08 bits per heavy atom. The lowest BCUT2D eigenvalue weighted by atomic mass is 9.75. The Kier molecular flexibility index (Phi) is 3.33. The van der Waals surface area contributed by atoms with Gasteiger partial charge in [0.1, 0.15) is 0 Å². The Balaban J connectivity index is 2.24. The van der Waals surface area contributed by atoms with Gasteiger partial charge in [-0.15, -0.1) is 0 Å². The molecule has 0 aliphatic heterocycles. The summed E-state index contributed by atoms with van der Waals surface area (Å²) in [4.78, 5) is 0. The molecule has 0 aromatic rings. The third-order valence-corrected chi connectivity index (χ3v) is 3.20. The lowest BCUT2D eigenvalue weighted by Gasteiger charge is -2.42. The van der Waals surface area contributed by atoms with Crippen LogP contribution in [-0.4, -0.2) is 12.1 Å². The minimum absolute atomic E-state index is 0.484. The molecular formula is C11H21N. The van der Waals surface area contributed by atoms with E-state index < -0.39 is 0 Å². The molecule has 0 amide bonds. The molecule has 0 atom stereocenters. The monoisotopic (exact) mass is 167 g/mol. The lowest BCUT2D eigenvalue weighted by molar-refractivity contribution is 0.183. The molecule has 1 fully saturated rings. The molecule has 12 heavy (non-hydrogen) atoms. The van der Waals surface area contributed by atoms with Gasteiger partial charge >= 0.3 is 0 Å². The van der Waals surface area contributed by atoms with Gasteiger partial charge < -0.3 is 5.32 Å². The van der Waals surface area contributed by atoms with Crippen molar-refractivity contribution in [2.45, 2.75) is 51.5 Å². The van der Waals surface area contributed by atoms with E-state index in [1.165, 1.54) is 31.3 Å². The van der Waals surface area contributed by atoms with Crippen LogP contribution in [-0.2, 0) is 0 Å². The average Bonchev–Trinajstić information content (AvgIpc) is 2.03. The van der Waals surface area contributed by atoms with Crippen molar-refractivity contribution in [1.82, 2.24) is 5.32 Å². The molecule has 0 saturated heterocycles. The SMILES string of the molecule is C=C(CC)CNC1(CC)CCC1. The van der Waals surface area contributed by atoms with Crippen molar-refractivity contribution >= 4 is 0 Å². The van der Waals surface area contributed by atoms with Gasteiger partial charge in [-0.05, 0) is 32.1 Å². The quantitative estimate of drug-likeness (QED) is 0.621. The topological polar surface area (TPSA) is 12.0 Å². The highest BCUT2D eigenvalue weighted by Crippen LogP contribution is 2.34. The summed E-state index contributed by atoms with van der Waals surface area (Å²) in [7, 11) is 0. The normalized spacial score (nSPS) is 20.2. The van der Waals surface area contributed by atoms with Crippen LogP contribution in [0.15, 0.2) is 12.2 Å². The van der Waals surface area contributed by atoms with E-state index in [1.54, 1.807) is 0 Å². The second-order valence-electron chi connectivity index (χ2n) is 3.94. The van der Waals surface area contributed by atoms with Gasteiger partial charge in [0.05, 0.1) is 0 Å². The first-order valence-corrected chi connectivity index (χ1v) is 5.14. The summed E-state index contributed by atoms with van der Waals surface area (Å²) in [5, 5.41) is 3.63. The number of rotatable bonds is 5. The molecule has 0 aromatic heterocycles. The van der Waals surface area contributed by atoms with Crippen molar-refractivity contribution in [2.24, 2.45) is 0 Å². The van der Waals surface area contributed by atoms with Crippen molar-refractivity contribution in [1.29, 1.82) is 0 Å². The van der Waals surface area contributed by atoms with E-state index in [-0.39, 0.29) is 0 Å². The summed E-state index contributed by atoms with van der Waals surface area (Å²) in [5.41, 5.74) is 1.81. The molecule has 1 aliphatic rings. The molecule has 1 saturated carbocycles. The van der Waals surface area contributed by atoms with E-state index in [1.807, 2.05) is 0 Å². The molecule has 0 bridgehead atoms. The zero-order chi connectivity index (χ0) is 9.03. The predicted octanol–water partition coefficient (Wildman–Crippen LogP) is 2.87. The summed E-state index contributed by atoms with van der Waals surface area (Å²) in [6.45, 7) is 9.47. The highest BCUT2D eigenvalue weighted by molar-refractivity contribution is 5.02. The maximum absolute atomic E-state index is 4.01. The van der Waals surface area contributed by atoms with Gasteiger partial charge in [-0.3, -0.25) is 0 Å². The van der Waals surface area contributed by atoms with Crippen molar-refractivity contribution in [2.75, 3.05) is 6.54 Å². The smallest absolute Gasteiger partial charge is 0.0182 e. The summed E-state index contributed by atoms with van der Waals surface area (Å²) in [5.74, 6) is 0. The Morgan fingerprint density at radius 3 is 2.42 bits per heavy atom. The van der Waals surface area contributed by atoms with Crippen LogP contribution in [0.5, 0.6) is 0 Å². The van der Waals surface area contributed by atoms with Gasteiger partial charge in [-0.25, -0.2) is 0 Å². The van der Waals surface area contributed by atoms with Crippen LogP contribution in [0, 0.1) is 0 Å². The van der Waals surface area contributed by atoms with E-state index >= 15 is 0 Å². The standard InChI is InChI=1S/C11H21N/c1-4-10(3)9-12-11(5-2)7-6-8-11/h12H,3-9H2,1-2H3. The Bertz CT molecular complexity index is 151. The molecule has 1 aliphatic carbocycles. The fourth-order valence-corrected chi connectivity index (χ4v) is 1.70. The van der Waals surface area contributed by atoms with Gasteiger partial charge in [0.15, 0.2) is 0 Å². The molecule has 1 N–H and O–H groups in total. The van der Waals surface area contributed by atoms with Crippen LogP contribution in [0.25, 0.3) is 0 Å². The molecule has 1 heteroatoms. The number of hydrogen-bond acceptors (Lipinski definition) is 1. The second kappa shape index (κ2) is 4.08. The lowest BCUT2D eigenvalue weighted by Crippen LogP contribution is -2.50. The van der Waals surface area contributed by atoms with E-state index in [9.17, 15) is 0 Å². The second-order valence-corrected chi connectivity index (χ2v) is 3.94. The number of hydrogen-bond donors (Lipinski definition) is 1. The maximum atomic E-state index is 4.01. The van der Waals surface area contributed by atoms with E-state index in [4.69, 9.17) is 0 Å². The molecule has 0 radical (unpaired) electrons. The van der Waals surface area contributed by atoms with Gasteiger partial charge in [-0.2, -0.15) is 0 Å². The fraction of sp³-hybridized carbons (Fsp3) is 0.818.